The maximum absolute atomic E-state index is 10.3. The second-order valence-corrected chi connectivity index (χ2v) is 6.16. The molecule has 0 saturated carbocycles. The van der Waals surface area contributed by atoms with Crippen LogP contribution in [0.5, 0.6) is 0 Å². The van der Waals surface area contributed by atoms with Gasteiger partial charge in [0.15, 0.2) is 5.60 Å². The summed E-state index contributed by atoms with van der Waals surface area (Å²) in [4.78, 5) is 61.5. The van der Waals surface area contributed by atoms with E-state index >= 15 is 0 Å². The van der Waals surface area contributed by atoms with Crippen LogP contribution in [-0.4, -0.2) is 63.5 Å². The Morgan fingerprint density at radius 2 is 1.09 bits per heavy atom. The summed E-state index contributed by atoms with van der Waals surface area (Å²) in [6, 6.07) is 0. The number of carboxylic acid groups (broad SMARTS) is 3. The highest BCUT2D eigenvalue weighted by Gasteiger charge is 2.40. The number of aliphatic carboxylic acids is 3. The third kappa shape index (κ3) is 13.6. The van der Waals surface area contributed by atoms with Gasteiger partial charge in [-0.2, -0.15) is 4.31 Å². The average molecular weight is 370 g/mol. The van der Waals surface area contributed by atoms with Gasteiger partial charge < -0.3 is 40.0 Å². The van der Waals surface area contributed by atoms with Gasteiger partial charge in [-0.25, -0.2) is 13.9 Å². The lowest BCUT2D eigenvalue weighted by Gasteiger charge is -2.18. The largest absolute Gasteiger partial charge is 0.481 e. The predicted octanol–water partition coefficient (Wildman–Crippen LogP) is -2.06. The molecule has 0 rings (SSSR count). The van der Waals surface area contributed by atoms with E-state index < -0.39 is 52.0 Å². The van der Waals surface area contributed by atoms with E-state index in [2.05, 4.69) is 4.31 Å². The average Bonchev–Trinajstić information content (AvgIpc) is 2.08. The summed E-state index contributed by atoms with van der Waals surface area (Å²) in [7, 11) is -10.1. The number of rotatable bonds is 7. The van der Waals surface area contributed by atoms with E-state index in [9.17, 15) is 23.5 Å². The summed E-state index contributed by atoms with van der Waals surface area (Å²) >= 11 is 0. The van der Waals surface area contributed by atoms with Crippen molar-refractivity contribution in [3.63, 3.8) is 0 Å². The molecule has 16 heteroatoms. The second-order valence-electron chi connectivity index (χ2n) is 3.54. The molecule has 130 valence electrons. The van der Waals surface area contributed by atoms with Crippen molar-refractivity contribution in [2.24, 2.45) is 0 Å². The highest BCUT2D eigenvalue weighted by molar-refractivity contribution is 7.60. The van der Waals surface area contributed by atoms with Gasteiger partial charge in [-0.05, 0) is 0 Å². The summed E-state index contributed by atoms with van der Waals surface area (Å²) in [6.07, 6.45) is -2.29. The van der Waals surface area contributed by atoms with Crippen molar-refractivity contribution in [3.8, 4) is 0 Å². The van der Waals surface area contributed by atoms with E-state index in [4.69, 9.17) is 40.0 Å². The van der Waals surface area contributed by atoms with Crippen molar-refractivity contribution in [1.29, 1.82) is 0 Å². The first-order valence-electron chi connectivity index (χ1n) is 4.70. The fourth-order valence-corrected chi connectivity index (χ4v) is 1.96. The molecule has 8 N–H and O–H groups in total. The van der Waals surface area contributed by atoms with Crippen LogP contribution >= 0.6 is 15.6 Å². The number of hydrogen-bond acceptors (Lipinski definition) is 7. The zero-order valence-corrected chi connectivity index (χ0v) is 12.1. The third-order valence-electron chi connectivity index (χ3n) is 1.50. The molecule has 0 aromatic rings. The lowest BCUT2D eigenvalue weighted by molar-refractivity contribution is -0.170. The fourth-order valence-electron chi connectivity index (χ4n) is 0.853. The molecule has 0 heterocycles. The van der Waals surface area contributed by atoms with Gasteiger partial charge in [-0.1, -0.05) is 0 Å². The van der Waals surface area contributed by atoms with Crippen LogP contribution in [0.15, 0.2) is 0 Å². The molecule has 0 spiro atoms. The monoisotopic (exact) mass is 370 g/mol. The zero-order valence-electron chi connectivity index (χ0n) is 10.3. The van der Waals surface area contributed by atoms with E-state index in [0.29, 0.717) is 0 Å². The fraction of sp³-hybridized carbons (Fsp3) is 0.500. The van der Waals surface area contributed by atoms with Crippen LogP contribution in [0.25, 0.3) is 0 Å². The Morgan fingerprint density at radius 1 is 0.818 bits per heavy atom. The molecule has 0 unspecified atom stereocenters. The van der Waals surface area contributed by atoms with Crippen molar-refractivity contribution >= 4 is 33.6 Å². The van der Waals surface area contributed by atoms with Gasteiger partial charge in [-0.15, -0.1) is 0 Å². The number of phosphoric acid groups is 2. The van der Waals surface area contributed by atoms with Crippen molar-refractivity contribution in [2.75, 3.05) is 0 Å². The minimum atomic E-state index is -5.05. The predicted molar refractivity (Wildman–Crippen MR) is 62.3 cm³/mol. The Morgan fingerprint density at radius 3 is 1.18 bits per heavy atom. The van der Waals surface area contributed by atoms with Crippen LogP contribution in [0.3, 0.4) is 0 Å². The molecule has 22 heavy (non-hydrogen) atoms. The molecular formula is C6H12O14P2. The molecule has 14 nitrogen and oxygen atoms in total. The molecular weight excluding hydrogens is 358 g/mol. The quantitative estimate of drug-likeness (QED) is 0.224. The molecule has 0 atom stereocenters. The number of aliphatic hydroxyl groups is 1. The normalized spacial score (nSPS) is 12.0. The van der Waals surface area contributed by atoms with Crippen molar-refractivity contribution in [1.82, 2.24) is 0 Å². The van der Waals surface area contributed by atoms with Crippen LogP contribution in [0.1, 0.15) is 12.8 Å². The molecule has 0 aromatic heterocycles. The summed E-state index contributed by atoms with van der Waals surface area (Å²) in [6.45, 7) is 0. The van der Waals surface area contributed by atoms with Gasteiger partial charge in [0.1, 0.15) is 0 Å². The van der Waals surface area contributed by atoms with E-state index in [1.807, 2.05) is 0 Å². The van der Waals surface area contributed by atoms with E-state index in [1.165, 1.54) is 0 Å². The van der Waals surface area contributed by atoms with Crippen LogP contribution in [0, 0.1) is 0 Å². The van der Waals surface area contributed by atoms with Gasteiger partial charge in [-0.3, -0.25) is 9.59 Å². The van der Waals surface area contributed by atoms with Crippen molar-refractivity contribution in [3.05, 3.63) is 0 Å². The van der Waals surface area contributed by atoms with Crippen LogP contribution in [-0.2, 0) is 27.8 Å². The Kier molecular flexibility index (Phi) is 8.65. The maximum atomic E-state index is 10.3. The summed E-state index contributed by atoms with van der Waals surface area (Å²) in [5, 5.41) is 33.8. The van der Waals surface area contributed by atoms with Gasteiger partial charge in [0, 0.05) is 0 Å². The van der Waals surface area contributed by atoms with Gasteiger partial charge >= 0.3 is 33.6 Å². The van der Waals surface area contributed by atoms with Crippen LogP contribution in [0.4, 0.5) is 0 Å². The summed E-state index contributed by atoms with van der Waals surface area (Å²) in [5.74, 6) is -5.02. The summed E-state index contributed by atoms with van der Waals surface area (Å²) < 4.78 is 22.2. The molecule has 0 bridgehead atoms. The van der Waals surface area contributed by atoms with Crippen molar-refractivity contribution < 1.29 is 67.8 Å². The molecule has 0 amide bonds. The molecule has 0 aromatic carbocycles. The molecule has 0 aliphatic rings. The number of carbonyl (C=O) groups is 3. The topological polar surface area (TPSA) is 256 Å². The Balaban J connectivity index is 0. The van der Waals surface area contributed by atoms with E-state index in [1.54, 1.807) is 0 Å². The highest BCUT2D eigenvalue weighted by atomic mass is 31.3. The maximum Gasteiger partial charge on any atom is 0.478 e. The zero-order chi connectivity index (χ0) is 18.4. The molecule has 0 radical (unpaired) electrons. The van der Waals surface area contributed by atoms with Gasteiger partial charge in [0.2, 0.25) is 0 Å². The standard InChI is InChI=1S/C6H8O7.H4O7P2/c7-3(8)1-6(13,5(11)12)2-4(9)10;1-8(2,3)7-9(4,5)6/h13H,1-2H2,(H,7,8)(H,9,10)(H,11,12);(H2,1,2,3)(H2,4,5,6). The summed E-state index contributed by atoms with van der Waals surface area (Å²) in [5.41, 5.74) is -2.74. The number of carboxylic acids is 3. The SMILES string of the molecule is O=C(O)CC(O)(CC(=O)O)C(=O)O.O=P(O)(O)OP(=O)(O)O. The smallest absolute Gasteiger partial charge is 0.478 e. The second kappa shape index (κ2) is 8.31. The lowest BCUT2D eigenvalue weighted by atomic mass is 9.96. The van der Waals surface area contributed by atoms with E-state index in [0.717, 1.165) is 0 Å². The molecule has 0 fully saturated rings. The first-order chi connectivity index (χ1) is 9.48. The van der Waals surface area contributed by atoms with Gasteiger partial charge in [0.05, 0.1) is 12.8 Å². The molecule has 0 aliphatic heterocycles. The highest BCUT2D eigenvalue weighted by Crippen LogP contribution is 2.53. The lowest BCUT2D eigenvalue weighted by Crippen LogP contribution is -2.42. The Labute approximate surface area is 121 Å². The van der Waals surface area contributed by atoms with Crippen molar-refractivity contribution in [2.45, 2.75) is 18.4 Å². The van der Waals surface area contributed by atoms with Gasteiger partial charge in [0.25, 0.3) is 0 Å². The first kappa shape index (κ1) is 22.9. The van der Waals surface area contributed by atoms with Crippen LogP contribution in [0.2, 0.25) is 0 Å². The minimum absolute atomic E-state index is 1.14. The molecule has 0 saturated heterocycles. The third-order valence-corrected chi connectivity index (χ3v) is 3.20. The first-order valence-corrected chi connectivity index (χ1v) is 7.76. The Bertz CT molecular complexity index is 475. The minimum Gasteiger partial charge on any atom is -0.481 e. The molecule has 0 aliphatic carbocycles. The Hall–Kier alpha value is -1.37. The van der Waals surface area contributed by atoms with Crippen LogP contribution < -0.4 is 0 Å². The number of hydrogen-bond donors (Lipinski definition) is 8. The van der Waals surface area contributed by atoms with E-state index in [-0.39, 0.29) is 0 Å².